The van der Waals surface area contributed by atoms with Gasteiger partial charge in [0.15, 0.2) is 0 Å². The van der Waals surface area contributed by atoms with Gasteiger partial charge in [0.1, 0.15) is 0 Å². The quantitative estimate of drug-likeness (QED) is 0.150. The summed E-state index contributed by atoms with van der Waals surface area (Å²) in [5.41, 5.74) is 14.1. The molecular weight excluding hydrogens is 814 g/mol. The second-order valence-electron chi connectivity index (χ2n) is 15.1. The minimum atomic E-state index is -0.0678. The molecule has 0 saturated carbocycles. The Balaban J connectivity index is 0.00000464. The van der Waals surface area contributed by atoms with Crippen molar-refractivity contribution in [1.82, 2.24) is 9.97 Å². The summed E-state index contributed by atoms with van der Waals surface area (Å²) in [6, 6.07) is 54.2. The van der Waals surface area contributed by atoms with Crippen molar-refractivity contribution in [1.29, 1.82) is 0 Å². The molecule has 0 N–H and O–H groups in total. The van der Waals surface area contributed by atoms with E-state index in [1.54, 1.807) is 0 Å². The predicted molar refractivity (Wildman–Crippen MR) is 215 cm³/mol. The summed E-state index contributed by atoms with van der Waals surface area (Å²) in [5.74, 6) is 0. The molecule has 260 valence electrons. The average Bonchev–Trinajstić information content (AvgIpc) is 3.15. The van der Waals surface area contributed by atoms with E-state index in [1.165, 1.54) is 11.1 Å². The first-order valence-corrected chi connectivity index (χ1v) is 17.6. The van der Waals surface area contributed by atoms with Crippen LogP contribution in [0.1, 0.15) is 52.7 Å². The van der Waals surface area contributed by atoms with E-state index in [9.17, 15) is 0 Å². The first-order valence-electron chi connectivity index (χ1n) is 17.6. The Labute approximate surface area is 323 Å². The first kappa shape index (κ1) is 36.7. The molecule has 0 bridgehead atoms. The normalized spacial score (nSPS) is 11.5. The van der Waals surface area contributed by atoms with Crippen LogP contribution in [0.5, 0.6) is 0 Å². The Hall–Kier alpha value is -5.11. The van der Waals surface area contributed by atoms with Crippen LogP contribution in [0.3, 0.4) is 0 Å². The van der Waals surface area contributed by atoms with Crippen LogP contribution < -0.4 is 0 Å². The Kier molecular flexibility index (Phi) is 10.7. The summed E-state index contributed by atoms with van der Waals surface area (Å²) in [4.78, 5) is 10.2. The van der Waals surface area contributed by atoms with Crippen LogP contribution in [-0.4, -0.2) is 9.97 Å². The summed E-state index contributed by atoms with van der Waals surface area (Å²) in [6.07, 6.45) is 1.90. The first-order chi connectivity index (χ1) is 24.5. The molecule has 2 aromatic heterocycles. The number of benzene rings is 5. The summed E-state index contributed by atoms with van der Waals surface area (Å²) >= 11 is 0. The van der Waals surface area contributed by atoms with Gasteiger partial charge >= 0.3 is 21.1 Å². The van der Waals surface area contributed by atoms with Gasteiger partial charge < -0.3 is 5.32 Å². The number of hydrogen-bond donors (Lipinski definition) is 0. The maximum absolute atomic E-state index is 5.46. The van der Waals surface area contributed by atoms with E-state index in [0.29, 0.717) is 0 Å². The molecule has 0 atom stereocenters. The third-order valence-corrected chi connectivity index (χ3v) is 9.30. The van der Waals surface area contributed by atoms with Crippen molar-refractivity contribution in [2.75, 3.05) is 0 Å². The third kappa shape index (κ3) is 8.17. The Morgan fingerprint density at radius 2 is 1.00 bits per heavy atom. The van der Waals surface area contributed by atoms with Crippen molar-refractivity contribution in [3.8, 4) is 56.0 Å². The van der Waals surface area contributed by atoms with Gasteiger partial charge in [-0.1, -0.05) is 145 Å². The second kappa shape index (κ2) is 15.2. The molecule has 7 rings (SSSR count). The zero-order valence-electron chi connectivity index (χ0n) is 30.6. The SMILES string of the molecule is CC(C)(C)c1ccc([N-]c2ccc(C(C)(C)C)cc2-c2cc(-c3ccccc3)cc(-c3[c-]cccc3)n2)c(-c2cc(-c3ccccc3)ccn2)c1.[Pt+2]. The molecule has 0 spiro atoms. The number of nitrogens with zero attached hydrogens (tertiary/aromatic N) is 3. The van der Waals surface area contributed by atoms with E-state index in [-0.39, 0.29) is 31.9 Å². The van der Waals surface area contributed by atoms with E-state index in [0.717, 1.165) is 67.4 Å². The second-order valence-corrected chi connectivity index (χ2v) is 15.1. The van der Waals surface area contributed by atoms with Gasteiger partial charge in [-0.2, -0.15) is 0 Å². The topological polar surface area (TPSA) is 39.9 Å². The maximum Gasteiger partial charge on any atom is 2.00 e. The van der Waals surface area contributed by atoms with Crippen molar-refractivity contribution in [3.05, 3.63) is 174 Å². The van der Waals surface area contributed by atoms with Gasteiger partial charge in [0.05, 0.1) is 11.4 Å². The average molecular weight is 857 g/mol. The van der Waals surface area contributed by atoms with Crippen LogP contribution in [0.15, 0.2) is 152 Å². The van der Waals surface area contributed by atoms with E-state index >= 15 is 0 Å². The predicted octanol–water partition coefficient (Wildman–Crippen LogP) is 13.5. The molecule has 5 aromatic carbocycles. The fourth-order valence-electron chi connectivity index (χ4n) is 6.28. The molecule has 52 heavy (non-hydrogen) atoms. The number of pyridine rings is 2. The van der Waals surface area contributed by atoms with Gasteiger partial charge in [-0.3, -0.25) is 9.97 Å². The van der Waals surface area contributed by atoms with Gasteiger partial charge in [-0.05, 0) is 79.2 Å². The molecule has 0 fully saturated rings. The Morgan fingerprint density at radius 3 is 1.56 bits per heavy atom. The van der Waals surface area contributed by atoms with Gasteiger partial charge in [0.2, 0.25) is 0 Å². The van der Waals surface area contributed by atoms with E-state index < -0.39 is 0 Å². The molecule has 0 unspecified atom stereocenters. The van der Waals surface area contributed by atoms with Gasteiger partial charge in [-0.25, -0.2) is 0 Å². The number of rotatable bonds is 7. The maximum atomic E-state index is 5.46. The molecule has 2 heterocycles. The molecule has 0 aliphatic carbocycles. The van der Waals surface area contributed by atoms with Gasteiger partial charge in [0, 0.05) is 6.20 Å². The Bertz CT molecular complexity index is 2230. The van der Waals surface area contributed by atoms with Crippen LogP contribution in [0, 0.1) is 6.07 Å². The molecule has 0 amide bonds. The molecule has 0 aliphatic heterocycles. The summed E-state index contributed by atoms with van der Waals surface area (Å²) in [6.45, 7) is 13.5. The van der Waals surface area contributed by atoms with E-state index in [4.69, 9.17) is 15.3 Å². The van der Waals surface area contributed by atoms with Crippen LogP contribution >= 0.6 is 0 Å². The van der Waals surface area contributed by atoms with Gasteiger partial charge in [0.25, 0.3) is 0 Å². The smallest absolute Gasteiger partial charge is 0.657 e. The zero-order valence-corrected chi connectivity index (χ0v) is 32.9. The summed E-state index contributed by atoms with van der Waals surface area (Å²) in [5, 5.41) is 5.46. The van der Waals surface area contributed by atoms with Crippen LogP contribution in [0.2, 0.25) is 0 Å². The third-order valence-electron chi connectivity index (χ3n) is 9.30. The van der Waals surface area contributed by atoms with Crippen molar-refractivity contribution in [2.45, 2.75) is 52.4 Å². The molecule has 3 nitrogen and oxygen atoms in total. The molecule has 0 aliphatic rings. The number of hydrogen-bond acceptors (Lipinski definition) is 2. The van der Waals surface area contributed by atoms with Crippen molar-refractivity contribution in [2.24, 2.45) is 0 Å². The zero-order chi connectivity index (χ0) is 35.6. The van der Waals surface area contributed by atoms with Crippen LogP contribution in [0.25, 0.3) is 61.3 Å². The number of aromatic nitrogens is 2. The van der Waals surface area contributed by atoms with Crippen molar-refractivity contribution in [3.63, 3.8) is 0 Å². The van der Waals surface area contributed by atoms with Crippen molar-refractivity contribution >= 4 is 11.4 Å². The molecule has 4 heteroatoms. The minimum absolute atomic E-state index is 0. The molecule has 7 aromatic rings. The van der Waals surface area contributed by atoms with Crippen molar-refractivity contribution < 1.29 is 21.1 Å². The molecule has 0 saturated heterocycles. The largest absolute Gasteiger partial charge is 2.00 e. The molecular formula is C48H43N3Pt. The van der Waals surface area contributed by atoms with E-state index in [1.807, 2.05) is 36.5 Å². The fourth-order valence-corrected chi connectivity index (χ4v) is 6.28. The monoisotopic (exact) mass is 856 g/mol. The minimum Gasteiger partial charge on any atom is -0.657 e. The van der Waals surface area contributed by atoms with Crippen LogP contribution in [0.4, 0.5) is 11.4 Å². The van der Waals surface area contributed by atoms with Gasteiger partial charge in [-0.15, -0.1) is 47.3 Å². The van der Waals surface area contributed by atoms with E-state index in [2.05, 4.69) is 163 Å². The standard InChI is InChI=1S/C48H43N3.Pt/c1-47(2,3)38-22-24-42(40(31-38)45-28-36(26-27-49-45)33-16-10-7-11-17-33)50-43-25-23-39(48(4,5)6)32-41(43)46-30-37(34-18-12-8-13-19-34)29-44(51-46)35-20-14-9-15-21-35;/h7-20,22-32H,1-6H3;/q-2;+2. The molecule has 0 radical (unpaired) electrons. The van der Waals surface area contributed by atoms with Crippen LogP contribution in [-0.2, 0) is 31.9 Å². The summed E-state index contributed by atoms with van der Waals surface area (Å²) < 4.78 is 0. The summed E-state index contributed by atoms with van der Waals surface area (Å²) in [7, 11) is 0. The fraction of sp³-hybridized carbons (Fsp3) is 0.167. The Morgan fingerprint density at radius 1 is 0.481 bits per heavy atom.